The lowest BCUT2D eigenvalue weighted by molar-refractivity contribution is 0.173. The SMILES string of the molecule is c1cc(CNCCCCn2ccnc2)c2c(c1)OCO2. The van der Waals surface area contributed by atoms with Crippen molar-refractivity contribution in [2.24, 2.45) is 0 Å². The Bertz CT molecular complexity index is 540. The normalized spacial score (nSPS) is 12.8. The van der Waals surface area contributed by atoms with Crippen molar-refractivity contribution >= 4 is 0 Å². The van der Waals surface area contributed by atoms with Crippen LogP contribution in [0.1, 0.15) is 18.4 Å². The Morgan fingerprint density at radius 1 is 1.25 bits per heavy atom. The van der Waals surface area contributed by atoms with E-state index in [9.17, 15) is 0 Å². The fourth-order valence-electron chi connectivity index (χ4n) is 2.32. The summed E-state index contributed by atoms with van der Waals surface area (Å²) in [6, 6.07) is 6.02. The minimum atomic E-state index is 0.331. The van der Waals surface area contributed by atoms with Crippen LogP contribution in [0.4, 0.5) is 0 Å². The molecule has 0 atom stereocenters. The lowest BCUT2D eigenvalue weighted by atomic mass is 10.2. The molecule has 0 radical (unpaired) electrons. The van der Waals surface area contributed by atoms with Crippen LogP contribution in [-0.4, -0.2) is 22.9 Å². The van der Waals surface area contributed by atoms with Crippen LogP contribution in [0.25, 0.3) is 0 Å². The van der Waals surface area contributed by atoms with Gasteiger partial charge in [0.25, 0.3) is 0 Å². The highest BCUT2D eigenvalue weighted by Gasteiger charge is 2.16. The van der Waals surface area contributed by atoms with Crippen LogP contribution in [0.2, 0.25) is 0 Å². The van der Waals surface area contributed by atoms with E-state index in [0.29, 0.717) is 6.79 Å². The molecule has 2 aromatic rings. The summed E-state index contributed by atoms with van der Waals surface area (Å²) in [6.07, 6.45) is 7.97. The van der Waals surface area contributed by atoms with Gasteiger partial charge in [0.15, 0.2) is 11.5 Å². The van der Waals surface area contributed by atoms with E-state index in [1.165, 1.54) is 0 Å². The number of hydrogen-bond donors (Lipinski definition) is 1. The Labute approximate surface area is 118 Å². The number of nitrogens with zero attached hydrogens (tertiary/aromatic N) is 2. The van der Waals surface area contributed by atoms with Gasteiger partial charge in [-0.15, -0.1) is 0 Å². The number of ether oxygens (including phenoxy) is 2. The summed E-state index contributed by atoms with van der Waals surface area (Å²) in [4.78, 5) is 4.03. The van der Waals surface area contributed by atoms with Gasteiger partial charge in [-0.25, -0.2) is 4.98 Å². The van der Waals surface area contributed by atoms with Gasteiger partial charge in [-0.2, -0.15) is 0 Å². The quantitative estimate of drug-likeness (QED) is 0.786. The average Bonchev–Trinajstić information content (AvgIpc) is 3.13. The summed E-state index contributed by atoms with van der Waals surface area (Å²) < 4.78 is 13.0. The topological polar surface area (TPSA) is 48.3 Å². The van der Waals surface area contributed by atoms with Crippen LogP contribution in [0, 0.1) is 0 Å². The maximum absolute atomic E-state index is 5.48. The number of unbranched alkanes of at least 4 members (excludes halogenated alkanes) is 1. The van der Waals surface area contributed by atoms with Gasteiger partial charge in [0.2, 0.25) is 6.79 Å². The third kappa shape index (κ3) is 3.11. The highest BCUT2D eigenvalue weighted by molar-refractivity contribution is 5.48. The fourth-order valence-corrected chi connectivity index (χ4v) is 2.32. The number of aryl methyl sites for hydroxylation is 1. The predicted molar refractivity (Wildman–Crippen MR) is 75.7 cm³/mol. The van der Waals surface area contributed by atoms with Gasteiger partial charge in [0.05, 0.1) is 6.33 Å². The van der Waals surface area contributed by atoms with Gasteiger partial charge in [-0.1, -0.05) is 12.1 Å². The number of fused-ring (bicyclic) bond motifs is 1. The zero-order valence-electron chi connectivity index (χ0n) is 11.4. The molecule has 0 spiro atoms. The maximum atomic E-state index is 5.48. The lowest BCUT2D eigenvalue weighted by Crippen LogP contribution is -2.15. The minimum absolute atomic E-state index is 0.331. The van der Waals surface area contributed by atoms with Gasteiger partial charge < -0.3 is 19.4 Å². The highest BCUT2D eigenvalue weighted by atomic mass is 16.7. The van der Waals surface area contributed by atoms with Gasteiger partial charge in [-0.3, -0.25) is 0 Å². The van der Waals surface area contributed by atoms with Gasteiger partial charge in [0.1, 0.15) is 0 Å². The van der Waals surface area contributed by atoms with E-state index in [4.69, 9.17) is 9.47 Å². The molecular formula is C15H19N3O2. The van der Waals surface area contributed by atoms with E-state index >= 15 is 0 Å². The molecule has 0 saturated carbocycles. The maximum Gasteiger partial charge on any atom is 0.231 e. The number of benzene rings is 1. The molecule has 1 aromatic heterocycles. The number of hydrogen-bond acceptors (Lipinski definition) is 4. The first-order valence-electron chi connectivity index (χ1n) is 6.97. The summed E-state index contributed by atoms with van der Waals surface area (Å²) >= 11 is 0. The molecule has 0 unspecified atom stereocenters. The number of nitrogens with one attached hydrogen (secondary N) is 1. The second-order valence-electron chi connectivity index (χ2n) is 4.84. The highest BCUT2D eigenvalue weighted by Crippen LogP contribution is 2.35. The zero-order valence-corrected chi connectivity index (χ0v) is 11.4. The van der Waals surface area contributed by atoms with Crippen molar-refractivity contribution in [1.29, 1.82) is 0 Å². The van der Waals surface area contributed by atoms with Crippen molar-refractivity contribution in [3.05, 3.63) is 42.5 Å². The number of aromatic nitrogens is 2. The molecule has 5 heteroatoms. The van der Waals surface area contributed by atoms with Gasteiger partial charge >= 0.3 is 0 Å². The smallest absolute Gasteiger partial charge is 0.231 e. The van der Waals surface area contributed by atoms with Crippen LogP contribution in [-0.2, 0) is 13.1 Å². The molecule has 0 saturated heterocycles. The molecule has 1 aromatic carbocycles. The Morgan fingerprint density at radius 3 is 3.15 bits per heavy atom. The van der Waals surface area contributed by atoms with Crippen molar-refractivity contribution < 1.29 is 9.47 Å². The number of rotatable bonds is 7. The van der Waals surface area contributed by atoms with E-state index in [-0.39, 0.29) is 0 Å². The molecule has 20 heavy (non-hydrogen) atoms. The van der Waals surface area contributed by atoms with Crippen LogP contribution in [0.15, 0.2) is 36.9 Å². The second-order valence-corrected chi connectivity index (χ2v) is 4.84. The molecule has 0 bridgehead atoms. The molecule has 1 N–H and O–H groups in total. The summed E-state index contributed by atoms with van der Waals surface area (Å²) in [5.74, 6) is 1.74. The van der Waals surface area contributed by atoms with E-state index in [0.717, 1.165) is 49.5 Å². The monoisotopic (exact) mass is 273 g/mol. The summed E-state index contributed by atoms with van der Waals surface area (Å²) in [5.41, 5.74) is 1.16. The molecule has 0 amide bonds. The fraction of sp³-hybridized carbons (Fsp3) is 0.400. The summed E-state index contributed by atoms with van der Waals surface area (Å²) in [7, 11) is 0. The molecule has 1 aliphatic heterocycles. The van der Waals surface area contributed by atoms with Crippen molar-refractivity contribution in [1.82, 2.24) is 14.9 Å². The van der Waals surface area contributed by atoms with E-state index < -0.39 is 0 Å². The lowest BCUT2D eigenvalue weighted by Gasteiger charge is -2.08. The molecule has 2 heterocycles. The first-order chi connectivity index (χ1) is 9.93. The third-order valence-corrected chi connectivity index (χ3v) is 3.37. The first kappa shape index (κ1) is 13.0. The Balaban J connectivity index is 1.37. The second kappa shape index (κ2) is 6.43. The Morgan fingerprint density at radius 2 is 2.25 bits per heavy atom. The molecule has 5 nitrogen and oxygen atoms in total. The van der Waals surface area contributed by atoms with Gasteiger partial charge in [-0.05, 0) is 25.5 Å². The molecule has 3 rings (SSSR count). The van der Waals surface area contributed by atoms with Crippen molar-refractivity contribution in [2.75, 3.05) is 13.3 Å². The van der Waals surface area contributed by atoms with E-state index in [2.05, 4.69) is 20.9 Å². The molecule has 1 aliphatic rings. The molecule has 0 fully saturated rings. The Kier molecular flexibility index (Phi) is 4.18. The van der Waals surface area contributed by atoms with Crippen LogP contribution in [0.3, 0.4) is 0 Å². The summed E-state index contributed by atoms with van der Waals surface area (Å²) in [5, 5.41) is 3.45. The standard InChI is InChI=1S/C15H19N3O2/c1(2-8-18-9-7-17-11-18)6-16-10-13-4-3-5-14-15(13)20-12-19-14/h3-5,7,9,11,16H,1-2,6,8,10,12H2. The van der Waals surface area contributed by atoms with Gasteiger partial charge in [0, 0.05) is 31.0 Å². The molecule has 0 aliphatic carbocycles. The zero-order chi connectivity index (χ0) is 13.6. The van der Waals surface area contributed by atoms with Crippen molar-refractivity contribution in [3.63, 3.8) is 0 Å². The average molecular weight is 273 g/mol. The third-order valence-electron chi connectivity index (χ3n) is 3.37. The van der Waals surface area contributed by atoms with Crippen LogP contribution < -0.4 is 14.8 Å². The minimum Gasteiger partial charge on any atom is -0.454 e. The Hall–Kier alpha value is -2.01. The largest absolute Gasteiger partial charge is 0.454 e. The van der Waals surface area contributed by atoms with E-state index in [1.807, 2.05) is 30.9 Å². The van der Waals surface area contributed by atoms with Crippen molar-refractivity contribution in [2.45, 2.75) is 25.9 Å². The van der Waals surface area contributed by atoms with Crippen LogP contribution >= 0.6 is 0 Å². The van der Waals surface area contributed by atoms with Crippen molar-refractivity contribution in [3.8, 4) is 11.5 Å². The predicted octanol–water partition coefficient (Wildman–Crippen LogP) is 2.18. The number of para-hydroxylation sites is 1. The first-order valence-corrected chi connectivity index (χ1v) is 6.97. The van der Waals surface area contributed by atoms with E-state index in [1.54, 1.807) is 0 Å². The molecule has 106 valence electrons. The van der Waals surface area contributed by atoms with Crippen LogP contribution in [0.5, 0.6) is 11.5 Å². The molecular weight excluding hydrogens is 254 g/mol. The number of imidazole rings is 1. The summed E-state index contributed by atoms with van der Waals surface area (Å²) in [6.45, 7) is 3.17.